The Morgan fingerprint density at radius 3 is 1.88 bits per heavy atom. The molecule has 122 valence electrons. The Morgan fingerprint density at radius 2 is 1.21 bits per heavy atom. The maximum Gasteiger partial charge on any atom is 0.262 e. The molecule has 3 aromatic carbocycles. The molecule has 0 unspecified atom stereocenters. The minimum Gasteiger partial charge on any atom is -0.356 e. The normalized spacial score (nSPS) is 11.0. The van der Waals surface area contributed by atoms with E-state index in [4.69, 9.17) is 0 Å². The lowest BCUT2D eigenvalue weighted by Crippen LogP contribution is -2.14. The van der Waals surface area contributed by atoms with Crippen molar-refractivity contribution in [3.63, 3.8) is 0 Å². The van der Waals surface area contributed by atoms with E-state index in [-0.39, 0.29) is 4.90 Å². The third-order valence-corrected chi connectivity index (χ3v) is 5.12. The van der Waals surface area contributed by atoms with Crippen molar-refractivity contribution < 1.29 is 8.42 Å². The van der Waals surface area contributed by atoms with Gasteiger partial charge in [-0.25, -0.2) is 8.42 Å². The van der Waals surface area contributed by atoms with Gasteiger partial charge in [-0.3, -0.25) is 4.72 Å². The van der Waals surface area contributed by atoms with Gasteiger partial charge in [0.05, 0.1) is 4.90 Å². The zero-order valence-corrected chi connectivity index (χ0v) is 14.0. The number of hydrogen-bond donors (Lipinski definition) is 2. The van der Waals surface area contributed by atoms with Crippen LogP contribution in [-0.2, 0) is 10.0 Å². The standard InChI is InChI=1S/C19H18N2O2S/c1-15-7-5-6-10-19(15)24(22,23)21-18-13-11-17(12-14-18)20-16-8-3-2-4-9-16/h2-14,20-21H,1H3. The lowest BCUT2D eigenvalue weighted by atomic mass is 10.2. The molecule has 0 atom stereocenters. The van der Waals surface area contributed by atoms with Crippen molar-refractivity contribution in [2.24, 2.45) is 0 Å². The van der Waals surface area contributed by atoms with Gasteiger partial charge in [-0.1, -0.05) is 36.4 Å². The predicted octanol–water partition coefficient (Wildman–Crippen LogP) is 4.54. The Balaban J connectivity index is 1.76. The van der Waals surface area contributed by atoms with Crippen LogP contribution in [0.15, 0.2) is 83.8 Å². The molecule has 0 bridgehead atoms. The number of nitrogens with one attached hydrogen (secondary N) is 2. The summed E-state index contributed by atoms with van der Waals surface area (Å²) in [6.45, 7) is 1.78. The van der Waals surface area contributed by atoms with E-state index in [1.54, 1.807) is 37.3 Å². The Hall–Kier alpha value is -2.79. The van der Waals surface area contributed by atoms with Gasteiger partial charge in [-0.2, -0.15) is 0 Å². The van der Waals surface area contributed by atoms with Crippen molar-refractivity contribution >= 4 is 27.1 Å². The van der Waals surface area contributed by atoms with Gasteiger partial charge >= 0.3 is 0 Å². The zero-order valence-electron chi connectivity index (χ0n) is 13.2. The fourth-order valence-electron chi connectivity index (χ4n) is 2.38. The number of hydrogen-bond acceptors (Lipinski definition) is 3. The van der Waals surface area contributed by atoms with Crippen molar-refractivity contribution in [2.75, 3.05) is 10.0 Å². The smallest absolute Gasteiger partial charge is 0.262 e. The van der Waals surface area contributed by atoms with Crippen LogP contribution in [0.1, 0.15) is 5.56 Å². The average molecular weight is 338 g/mol. The van der Waals surface area contributed by atoms with Crippen molar-refractivity contribution in [2.45, 2.75) is 11.8 Å². The lowest BCUT2D eigenvalue weighted by molar-refractivity contribution is 0.600. The molecular formula is C19H18N2O2S. The number of benzene rings is 3. The molecule has 5 heteroatoms. The quantitative estimate of drug-likeness (QED) is 0.718. The zero-order chi connectivity index (χ0) is 17.0. The third kappa shape index (κ3) is 3.75. The summed E-state index contributed by atoms with van der Waals surface area (Å²) in [4.78, 5) is 0.288. The van der Waals surface area contributed by atoms with Gasteiger partial charge in [-0.05, 0) is 55.0 Å². The molecular weight excluding hydrogens is 320 g/mol. The largest absolute Gasteiger partial charge is 0.356 e. The highest BCUT2D eigenvalue weighted by Gasteiger charge is 2.16. The molecule has 0 fully saturated rings. The number of anilines is 3. The van der Waals surface area contributed by atoms with E-state index in [1.165, 1.54) is 0 Å². The van der Waals surface area contributed by atoms with Crippen molar-refractivity contribution in [3.8, 4) is 0 Å². The number of aryl methyl sites for hydroxylation is 1. The first-order valence-electron chi connectivity index (χ1n) is 7.55. The van der Waals surface area contributed by atoms with E-state index in [1.807, 2.05) is 48.5 Å². The van der Waals surface area contributed by atoms with Crippen LogP contribution in [0.25, 0.3) is 0 Å². The first-order chi connectivity index (χ1) is 11.5. The summed E-state index contributed by atoms with van der Waals surface area (Å²) in [7, 11) is -3.59. The van der Waals surface area contributed by atoms with Crippen LogP contribution < -0.4 is 10.0 Å². The maximum atomic E-state index is 12.5. The van der Waals surface area contributed by atoms with Gasteiger partial charge in [0, 0.05) is 17.1 Å². The van der Waals surface area contributed by atoms with E-state index >= 15 is 0 Å². The number of sulfonamides is 1. The topological polar surface area (TPSA) is 58.2 Å². The molecule has 0 saturated carbocycles. The molecule has 2 N–H and O–H groups in total. The molecule has 3 aromatic rings. The van der Waals surface area contributed by atoms with Crippen LogP contribution in [-0.4, -0.2) is 8.42 Å². The fraction of sp³-hybridized carbons (Fsp3) is 0.0526. The summed E-state index contributed by atoms with van der Waals surface area (Å²) in [5.74, 6) is 0. The molecule has 0 saturated heterocycles. The molecule has 4 nitrogen and oxygen atoms in total. The summed E-state index contributed by atoms with van der Waals surface area (Å²) in [5.41, 5.74) is 3.11. The SMILES string of the molecule is Cc1ccccc1S(=O)(=O)Nc1ccc(Nc2ccccc2)cc1. The second-order valence-electron chi connectivity index (χ2n) is 5.44. The fourth-order valence-corrected chi connectivity index (χ4v) is 3.68. The highest BCUT2D eigenvalue weighted by molar-refractivity contribution is 7.92. The summed E-state index contributed by atoms with van der Waals surface area (Å²) in [6, 6.07) is 23.9. The molecule has 0 radical (unpaired) electrons. The highest BCUT2D eigenvalue weighted by atomic mass is 32.2. The summed E-state index contributed by atoms with van der Waals surface area (Å²) < 4.78 is 27.6. The van der Waals surface area contributed by atoms with E-state index in [0.717, 1.165) is 11.4 Å². The molecule has 0 aromatic heterocycles. The van der Waals surface area contributed by atoms with Crippen LogP contribution in [0.4, 0.5) is 17.1 Å². The maximum absolute atomic E-state index is 12.5. The van der Waals surface area contributed by atoms with Gasteiger partial charge in [0.1, 0.15) is 0 Å². The molecule has 3 rings (SSSR count). The molecule has 0 amide bonds. The Bertz CT molecular complexity index is 921. The van der Waals surface area contributed by atoms with Gasteiger partial charge < -0.3 is 5.32 Å². The molecule has 0 aliphatic carbocycles. The van der Waals surface area contributed by atoms with Crippen LogP contribution >= 0.6 is 0 Å². The van der Waals surface area contributed by atoms with E-state index in [0.29, 0.717) is 11.3 Å². The second-order valence-corrected chi connectivity index (χ2v) is 7.09. The van der Waals surface area contributed by atoms with E-state index < -0.39 is 10.0 Å². The summed E-state index contributed by atoms with van der Waals surface area (Å²) >= 11 is 0. The first kappa shape index (κ1) is 16.1. The molecule has 0 aliphatic heterocycles. The Kier molecular flexibility index (Phi) is 4.53. The molecule has 0 heterocycles. The Labute approximate surface area is 142 Å². The Morgan fingerprint density at radius 1 is 0.667 bits per heavy atom. The number of rotatable bonds is 5. The second kappa shape index (κ2) is 6.76. The van der Waals surface area contributed by atoms with Crippen molar-refractivity contribution in [1.82, 2.24) is 0 Å². The van der Waals surface area contributed by atoms with Crippen LogP contribution in [0.5, 0.6) is 0 Å². The van der Waals surface area contributed by atoms with Gasteiger partial charge in [0.2, 0.25) is 0 Å². The summed E-state index contributed by atoms with van der Waals surface area (Å²) in [5, 5.41) is 3.26. The van der Waals surface area contributed by atoms with Crippen molar-refractivity contribution in [3.05, 3.63) is 84.4 Å². The predicted molar refractivity (Wildman–Crippen MR) is 98.2 cm³/mol. The van der Waals surface area contributed by atoms with Crippen LogP contribution in [0, 0.1) is 6.92 Å². The van der Waals surface area contributed by atoms with Gasteiger partial charge in [0.15, 0.2) is 0 Å². The van der Waals surface area contributed by atoms with Crippen LogP contribution in [0.3, 0.4) is 0 Å². The molecule has 0 spiro atoms. The van der Waals surface area contributed by atoms with Gasteiger partial charge in [-0.15, -0.1) is 0 Å². The minimum atomic E-state index is -3.59. The molecule has 0 aliphatic rings. The first-order valence-corrected chi connectivity index (χ1v) is 9.03. The summed E-state index contributed by atoms with van der Waals surface area (Å²) in [6.07, 6.45) is 0. The molecule has 24 heavy (non-hydrogen) atoms. The van der Waals surface area contributed by atoms with Gasteiger partial charge in [0.25, 0.3) is 10.0 Å². The minimum absolute atomic E-state index is 0.288. The number of para-hydroxylation sites is 1. The average Bonchev–Trinajstić information content (AvgIpc) is 2.58. The lowest BCUT2D eigenvalue weighted by Gasteiger charge is -2.11. The van der Waals surface area contributed by atoms with E-state index in [2.05, 4.69) is 10.0 Å². The van der Waals surface area contributed by atoms with E-state index in [9.17, 15) is 8.42 Å². The monoisotopic (exact) mass is 338 g/mol. The third-order valence-electron chi connectivity index (χ3n) is 3.58. The highest BCUT2D eigenvalue weighted by Crippen LogP contribution is 2.22. The van der Waals surface area contributed by atoms with Crippen LogP contribution in [0.2, 0.25) is 0 Å². The van der Waals surface area contributed by atoms with Crippen molar-refractivity contribution in [1.29, 1.82) is 0 Å².